The summed E-state index contributed by atoms with van der Waals surface area (Å²) in [5.74, 6) is -0.0176. The van der Waals surface area contributed by atoms with Crippen molar-refractivity contribution < 1.29 is 4.79 Å². The van der Waals surface area contributed by atoms with Gasteiger partial charge in [0.1, 0.15) is 0 Å². The number of para-hydroxylation sites is 1. The third-order valence-corrected chi connectivity index (χ3v) is 3.36. The van der Waals surface area contributed by atoms with Crippen LogP contribution in [0.2, 0.25) is 0 Å². The molecule has 0 saturated carbocycles. The van der Waals surface area contributed by atoms with Crippen LogP contribution in [0.1, 0.15) is 29.7 Å². The van der Waals surface area contributed by atoms with Crippen LogP contribution in [0.15, 0.2) is 48.5 Å². The number of amides is 1. The molecule has 1 amide bonds. The molecule has 0 radical (unpaired) electrons. The van der Waals surface area contributed by atoms with E-state index in [0.29, 0.717) is 12.1 Å². The molecule has 1 unspecified atom stereocenters. The van der Waals surface area contributed by atoms with E-state index in [4.69, 9.17) is 5.73 Å². The van der Waals surface area contributed by atoms with E-state index in [-0.39, 0.29) is 11.9 Å². The first-order valence-corrected chi connectivity index (χ1v) is 6.75. The molecule has 0 aromatic heterocycles. The number of rotatable bonds is 4. The van der Waals surface area contributed by atoms with Gasteiger partial charge in [-0.15, -0.1) is 0 Å². The van der Waals surface area contributed by atoms with Crippen LogP contribution < -0.4 is 11.1 Å². The molecule has 3 N–H and O–H groups in total. The highest BCUT2D eigenvalue weighted by Gasteiger charge is 2.11. The Morgan fingerprint density at radius 3 is 2.45 bits per heavy atom. The molecule has 3 heteroatoms. The molecule has 2 aromatic carbocycles. The zero-order valence-corrected chi connectivity index (χ0v) is 11.9. The van der Waals surface area contributed by atoms with E-state index >= 15 is 0 Å². The van der Waals surface area contributed by atoms with Gasteiger partial charge in [-0.25, -0.2) is 0 Å². The lowest BCUT2D eigenvalue weighted by Gasteiger charge is -2.15. The second-order valence-corrected chi connectivity index (χ2v) is 5.08. The maximum absolute atomic E-state index is 12.0. The molecular weight excluding hydrogens is 248 g/mol. The van der Waals surface area contributed by atoms with E-state index in [0.717, 1.165) is 11.1 Å². The fourth-order valence-corrected chi connectivity index (χ4v) is 2.10. The summed E-state index contributed by atoms with van der Waals surface area (Å²) in [5, 5.41) is 3.00. The Labute approximate surface area is 119 Å². The number of benzene rings is 2. The van der Waals surface area contributed by atoms with Crippen LogP contribution in [-0.2, 0) is 11.2 Å². The monoisotopic (exact) mass is 268 g/mol. The summed E-state index contributed by atoms with van der Waals surface area (Å²) >= 11 is 0. The normalized spacial score (nSPS) is 11.9. The highest BCUT2D eigenvalue weighted by atomic mass is 16.1. The zero-order chi connectivity index (χ0) is 14.5. The Morgan fingerprint density at radius 1 is 1.15 bits per heavy atom. The number of carbonyl (C=O) groups is 1. The van der Waals surface area contributed by atoms with E-state index < -0.39 is 0 Å². The molecule has 2 aromatic rings. The van der Waals surface area contributed by atoms with Crippen molar-refractivity contribution in [2.24, 2.45) is 0 Å². The standard InChI is InChI=1S/C17H20N2O/c1-12-7-9-14(10-8-12)13(2)19-17(20)11-15-5-3-4-6-16(15)18/h3-10,13H,11,18H2,1-2H3,(H,19,20). The molecule has 104 valence electrons. The number of hydrogen-bond donors (Lipinski definition) is 2. The number of nitrogens with one attached hydrogen (secondary N) is 1. The van der Waals surface area contributed by atoms with E-state index in [2.05, 4.69) is 5.32 Å². The van der Waals surface area contributed by atoms with Gasteiger partial charge in [0.2, 0.25) is 5.91 Å². The molecule has 0 aliphatic heterocycles. The van der Waals surface area contributed by atoms with Gasteiger partial charge in [-0.1, -0.05) is 48.0 Å². The van der Waals surface area contributed by atoms with E-state index in [1.54, 1.807) is 0 Å². The molecule has 0 aliphatic carbocycles. The Balaban J connectivity index is 1.98. The second-order valence-electron chi connectivity index (χ2n) is 5.08. The van der Waals surface area contributed by atoms with Crippen LogP contribution in [-0.4, -0.2) is 5.91 Å². The van der Waals surface area contributed by atoms with Gasteiger partial charge in [-0.2, -0.15) is 0 Å². The van der Waals surface area contributed by atoms with Crippen LogP contribution >= 0.6 is 0 Å². The fraction of sp³-hybridized carbons (Fsp3) is 0.235. The molecule has 0 spiro atoms. The molecular formula is C17H20N2O. The number of anilines is 1. The topological polar surface area (TPSA) is 55.1 Å². The van der Waals surface area contributed by atoms with Crippen LogP contribution in [0.25, 0.3) is 0 Å². The van der Waals surface area contributed by atoms with Crippen LogP contribution in [0.4, 0.5) is 5.69 Å². The Kier molecular flexibility index (Phi) is 4.41. The van der Waals surface area contributed by atoms with Gasteiger partial charge >= 0.3 is 0 Å². The van der Waals surface area contributed by atoms with Crippen molar-refractivity contribution in [2.75, 3.05) is 5.73 Å². The van der Waals surface area contributed by atoms with Gasteiger partial charge in [0, 0.05) is 5.69 Å². The van der Waals surface area contributed by atoms with Crippen LogP contribution in [0, 0.1) is 6.92 Å². The minimum Gasteiger partial charge on any atom is -0.398 e. The van der Waals surface area contributed by atoms with Crippen LogP contribution in [0.5, 0.6) is 0 Å². The highest BCUT2D eigenvalue weighted by molar-refractivity contribution is 5.80. The van der Waals surface area contributed by atoms with Gasteiger partial charge in [0.05, 0.1) is 12.5 Å². The SMILES string of the molecule is Cc1ccc(C(C)NC(=O)Cc2ccccc2N)cc1. The second kappa shape index (κ2) is 6.24. The van der Waals surface area contributed by atoms with E-state index in [1.807, 2.05) is 62.4 Å². The van der Waals surface area contributed by atoms with Crippen LogP contribution in [0.3, 0.4) is 0 Å². The molecule has 1 atom stereocenters. The average Bonchev–Trinajstić information content (AvgIpc) is 2.42. The fourth-order valence-electron chi connectivity index (χ4n) is 2.10. The molecule has 0 bridgehead atoms. The number of carbonyl (C=O) groups excluding carboxylic acids is 1. The van der Waals surface area contributed by atoms with Crippen molar-refractivity contribution in [3.63, 3.8) is 0 Å². The largest absolute Gasteiger partial charge is 0.398 e. The van der Waals surface area contributed by atoms with Crippen molar-refractivity contribution in [3.05, 3.63) is 65.2 Å². The van der Waals surface area contributed by atoms with Gasteiger partial charge in [-0.3, -0.25) is 4.79 Å². The summed E-state index contributed by atoms with van der Waals surface area (Å²) in [7, 11) is 0. The molecule has 0 fully saturated rings. The lowest BCUT2D eigenvalue weighted by molar-refractivity contribution is -0.121. The van der Waals surface area contributed by atoms with Crippen molar-refractivity contribution in [1.82, 2.24) is 5.32 Å². The summed E-state index contributed by atoms with van der Waals surface area (Å²) in [6, 6.07) is 15.6. The van der Waals surface area contributed by atoms with Gasteiger partial charge in [0.25, 0.3) is 0 Å². The first-order valence-electron chi connectivity index (χ1n) is 6.75. The molecule has 3 nitrogen and oxygen atoms in total. The smallest absolute Gasteiger partial charge is 0.224 e. The summed E-state index contributed by atoms with van der Waals surface area (Å²) in [5.41, 5.74) is 9.68. The minimum atomic E-state index is -0.0176. The maximum Gasteiger partial charge on any atom is 0.224 e. The molecule has 0 aliphatic rings. The number of hydrogen-bond acceptors (Lipinski definition) is 2. The van der Waals surface area contributed by atoms with Crippen molar-refractivity contribution >= 4 is 11.6 Å². The average molecular weight is 268 g/mol. The highest BCUT2D eigenvalue weighted by Crippen LogP contribution is 2.15. The van der Waals surface area contributed by atoms with Gasteiger partial charge < -0.3 is 11.1 Å². The van der Waals surface area contributed by atoms with Crippen molar-refractivity contribution in [1.29, 1.82) is 0 Å². The quantitative estimate of drug-likeness (QED) is 0.837. The minimum absolute atomic E-state index is 0.00645. The number of nitrogen functional groups attached to an aromatic ring is 1. The van der Waals surface area contributed by atoms with Gasteiger partial charge in [-0.05, 0) is 31.0 Å². The molecule has 2 rings (SSSR count). The Hall–Kier alpha value is -2.29. The first-order chi connectivity index (χ1) is 9.56. The van der Waals surface area contributed by atoms with Crippen molar-refractivity contribution in [2.45, 2.75) is 26.3 Å². The lowest BCUT2D eigenvalue weighted by atomic mass is 10.1. The number of nitrogens with two attached hydrogens (primary N) is 1. The lowest BCUT2D eigenvalue weighted by Crippen LogP contribution is -2.28. The Morgan fingerprint density at radius 2 is 1.80 bits per heavy atom. The van der Waals surface area contributed by atoms with E-state index in [1.165, 1.54) is 5.56 Å². The summed E-state index contributed by atoms with van der Waals surface area (Å²) in [4.78, 5) is 12.0. The maximum atomic E-state index is 12.0. The molecule has 20 heavy (non-hydrogen) atoms. The third-order valence-electron chi connectivity index (χ3n) is 3.36. The Bertz CT molecular complexity index is 590. The van der Waals surface area contributed by atoms with Gasteiger partial charge in [0.15, 0.2) is 0 Å². The van der Waals surface area contributed by atoms with Crippen molar-refractivity contribution in [3.8, 4) is 0 Å². The summed E-state index contributed by atoms with van der Waals surface area (Å²) < 4.78 is 0. The predicted octanol–water partition coefficient (Wildman–Crippen LogP) is 3.00. The summed E-state index contributed by atoms with van der Waals surface area (Å²) in [6.07, 6.45) is 0.308. The molecule has 0 heterocycles. The summed E-state index contributed by atoms with van der Waals surface area (Å²) in [6.45, 7) is 4.03. The number of aryl methyl sites for hydroxylation is 1. The first kappa shape index (κ1) is 14.1. The predicted molar refractivity (Wildman–Crippen MR) is 82.3 cm³/mol. The molecule has 0 saturated heterocycles. The zero-order valence-electron chi connectivity index (χ0n) is 11.9. The third kappa shape index (κ3) is 3.60. The van der Waals surface area contributed by atoms with E-state index in [9.17, 15) is 4.79 Å².